The first kappa shape index (κ1) is 22.2. The Morgan fingerprint density at radius 2 is 1.76 bits per heavy atom. The highest BCUT2D eigenvalue weighted by Gasteiger charge is 2.43. The molecule has 1 aromatic carbocycles. The van der Waals surface area contributed by atoms with E-state index in [4.69, 9.17) is 0 Å². The smallest absolute Gasteiger partial charge is 0.224 e. The molecule has 0 atom stereocenters. The predicted molar refractivity (Wildman–Crippen MR) is 129 cm³/mol. The van der Waals surface area contributed by atoms with Crippen LogP contribution in [0.4, 0.5) is 5.69 Å². The van der Waals surface area contributed by atoms with Gasteiger partial charge in [0.25, 0.3) is 0 Å². The molecule has 3 fully saturated rings. The van der Waals surface area contributed by atoms with Crippen LogP contribution in [-0.4, -0.2) is 74.5 Å². The average Bonchev–Trinajstić information content (AvgIpc) is 3.18. The molecule has 1 spiro atoms. The Labute approximate surface area is 191 Å². The predicted octanol–water partition coefficient (Wildman–Crippen LogP) is 2.79. The largest absolute Gasteiger partial charge is 0.368 e. The van der Waals surface area contributed by atoms with Crippen molar-refractivity contribution in [2.24, 2.45) is 10.4 Å². The SMILES string of the molecule is CN=C(NCCC(=O)N1CCN(c2ccccc2)CC1)N1CCC2(CCC2)C1.I. The molecule has 1 N–H and O–H groups in total. The highest BCUT2D eigenvalue weighted by Crippen LogP contribution is 2.47. The molecule has 3 aliphatic rings. The Morgan fingerprint density at radius 3 is 2.34 bits per heavy atom. The number of piperazine rings is 1. The Kier molecular flexibility index (Phi) is 7.65. The van der Waals surface area contributed by atoms with Crippen LogP contribution in [0.2, 0.25) is 0 Å². The number of nitrogens with one attached hydrogen (secondary N) is 1. The van der Waals surface area contributed by atoms with Crippen LogP contribution in [0.5, 0.6) is 0 Å². The van der Waals surface area contributed by atoms with Crippen LogP contribution in [0.3, 0.4) is 0 Å². The first-order valence-corrected chi connectivity index (χ1v) is 10.7. The van der Waals surface area contributed by atoms with E-state index in [1.54, 1.807) is 0 Å². The molecule has 1 aromatic rings. The van der Waals surface area contributed by atoms with Gasteiger partial charge in [-0.1, -0.05) is 24.6 Å². The second-order valence-electron chi connectivity index (χ2n) is 8.45. The highest BCUT2D eigenvalue weighted by molar-refractivity contribution is 14.0. The molecule has 6 nitrogen and oxygen atoms in total. The van der Waals surface area contributed by atoms with E-state index in [-0.39, 0.29) is 29.9 Å². The molecule has 0 unspecified atom stereocenters. The lowest BCUT2D eigenvalue weighted by molar-refractivity contribution is -0.131. The van der Waals surface area contributed by atoms with Crippen LogP contribution in [0.15, 0.2) is 35.3 Å². The molecule has 7 heteroatoms. The highest BCUT2D eigenvalue weighted by atomic mass is 127. The first-order valence-electron chi connectivity index (χ1n) is 10.7. The van der Waals surface area contributed by atoms with Gasteiger partial charge in [-0.25, -0.2) is 0 Å². The molecule has 0 bridgehead atoms. The number of carbonyl (C=O) groups excluding carboxylic acids is 1. The lowest BCUT2D eigenvalue weighted by Crippen LogP contribution is -2.49. The number of nitrogens with zero attached hydrogens (tertiary/aromatic N) is 4. The van der Waals surface area contributed by atoms with Crippen LogP contribution in [0.25, 0.3) is 0 Å². The van der Waals surface area contributed by atoms with Crippen molar-refractivity contribution in [2.45, 2.75) is 32.1 Å². The molecular weight excluding hydrogens is 477 g/mol. The van der Waals surface area contributed by atoms with Crippen molar-refractivity contribution < 1.29 is 4.79 Å². The normalized spacial score (nSPS) is 21.0. The van der Waals surface area contributed by atoms with Crippen LogP contribution < -0.4 is 10.2 Å². The number of rotatable bonds is 4. The summed E-state index contributed by atoms with van der Waals surface area (Å²) in [6, 6.07) is 10.5. The first-order chi connectivity index (χ1) is 13.7. The molecule has 0 aromatic heterocycles. The number of hydrogen-bond acceptors (Lipinski definition) is 3. The number of likely N-dealkylation sites (tertiary alicyclic amines) is 1. The van der Waals surface area contributed by atoms with E-state index in [2.05, 4.69) is 44.4 Å². The van der Waals surface area contributed by atoms with Gasteiger partial charge >= 0.3 is 0 Å². The summed E-state index contributed by atoms with van der Waals surface area (Å²) in [7, 11) is 1.85. The molecule has 29 heavy (non-hydrogen) atoms. The Hall–Kier alpha value is -1.51. The van der Waals surface area contributed by atoms with Crippen LogP contribution >= 0.6 is 24.0 Å². The minimum Gasteiger partial charge on any atom is -0.368 e. The number of para-hydroxylation sites is 1. The van der Waals surface area contributed by atoms with Crippen LogP contribution in [0, 0.1) is 5.41 Å². The maximum absolute atomic E-state index is 12.6. The van der Waals surface area contributed by atoms with Gasteiger partial charge in [0, 0.05) is 65.0 Å². The quantitative estimate of drug-likeness (QED) is 0.384. The lowest BCUT2D eigenvalue weighted by atomic mass is 9.68. The maximum Gasteiger partial charge on any atom is 0.224 e. The minimum absolute atomic E-state index is 0. The number of aliphatic imine (C=N–C) groups is 1. The fraction of sp³-hybridized carbons (Fsp3) is 0.636. The van der Waals surface area contributed by atoms with Crippen LogP contribution in [-0.2, 0) is 4.79 Å². The van der Waals surface area contributed by atoms with Crippen molar-refractivity contribution in [3.63, 3.8) is 0 Å². The Bertz CT molecular complexity index is 698. The van der Waals surface area contributed by atoms with E-state index in [0.717, 1.165) is 45.2 Å². The zero-order valence-corrected chi connectivity index (χ0v) is 19.8. The van der Waals surface area contributed by atoms with Crippen molar-refractivity contribution in [3.05, 3.63) is 30.3 Å². The molecular formula is C22H34IN5O. The summed E-state index contributed by atoms with van der Waals surface area (Å²) in [6.07, 6.45) is 5.94. The van der Waals surface area contributed by atoms with Crippen LogP contribution in [0.1, 0.15) is 32.1 Å². The summed E-state index contributed by atoms with van der Waals surface area (Å²) in [4.78, 5) is 23.8. The van der Waals surface area contributed by atoms with Crippen molar-refractivity contribution >= 4 is 41.5 Å². The zero-order chi connectivity index (χ0) is 19.4. The van der Waals surface area contributed by atoms with Crippen molar-refractivity contribution in [1.82, 2.24) is 15.1 Å². The minimum atomic E-state index is 0. The molecule has 2 aliphatic heterocycles. The summed E-state index contributed by atoms with van der Waals surface area (Å²) in [6.45, 7) is 6.29. The Morgan fingerprint density at radius 1 is 1.03 bits per heavy atom. The number of guanidine groups is 1. The topological polar surface area (TPSA) is 51.2 Å². The zero-order valence-electron chi connectivity index (χ0n) is 17.5. The maximum atomic E-state index is 12.6. The third-order valence-electron chi connectivity index (χ3n) is 6.74. The molecule has 2 heterocycles. The summed E-state index contributed by atoms with van der Waals surface area (Å²) in [5.41, 5.74) is 1.81. The van der Waals surface area contributed by atoms with E-state index >= 15 is 0 Å². The summed E-state index contributed by atoms with van der Waals surface area (Å²) in [5, 5.41) is 3.42. The number of benzene rings is 1. The Balaban J connectivity index is 0.00000240. The second-order valence-corrected chi connectivity index (χ2v) is 8.45. The molecule has 160 valence electrons. The third-order valence-corrected chi connectivity index (χ3v) is 6.74. The standard InChI is InChI=1S/C22H33N5O.HI/c1-23-21(27-13-11-22(18-27)9-5-10-22)24-12-8-20(28)26-16-14-25(15-17-26)19-6-3-2-4-7-19;/h2-4,6-7H,5,8-18H2,1H3,(H,23,24);1H. The van der Waals surface area contributed by atoms with Gasteiger partial charge < -0.3 is 20.0 Å². The lowest BCUT2D eigenvalue weighted by Gasteiger charge is -2.38. The molecule has 1 saturated carbocycles. The van der Waals surface area contributed by atoms with Gasteiger partial charge in [-0.3, -0.25) is 9.79 Å². The third kappa shape index (κ3) is 5.16. The van der Waals surface area contributed by atoms with E-state index in [1.807, 2.05) is 18.0 Å². The number of carbonyl (C=O) groups is 1. The molecule has 0 radical (unpaired) electrons. The number of hydrogen-bond donors (Lipinski definition) is 1. The van der Waals surface area contributed by atoms with E-state index in [9.17, 15) is 4.79 Å². The van der Waals surface area contributed by atoms with Gasteiger partial charge in [-0.05, 0) is 36.8 Å². The fourth-order valence-electron chi connectivity index (χ4n) is 4.83. The van der Waals surface area contributed by atoms with Crippen molar-refractivity contribution in [2.75, 3.05) is 57.8 Å². The summed E-state index contributed by atoms with van der Waals surface area (Å²) in [5.74, 6) is 1.21. The van der Waals surface area contributed by atoms with Gasteiger partial charge in [0.2, 0.25) is 5.91 Å². The van der Waals surface area contributed by atoms with Gasteiger partial charge in [0.1, 0.15) is 0 Å². The van der Waals surface area contributed by atoms with E-state index in [0.29, 0.717) is 18.4 Å². The average molecular weight is 511 g/mol. The van der Waals surface area contributed by atoms with Gasteiger partial charge in [-0.15, -0.1) is 24.0 Å². The fourth-order valence-corrected chi connectivity index (χ4v) is 4.83. The van der Waals surface area contributed by atoms with Gasteiger partial charge in [0.15, 0.2) is 5.96 Å². The molecule has 1 aliphatic carbocycles. The van der Waals surface area contributed by atoms with Crippen molar-refractivity contribution in [1.29, 1.82) is 0 Å². The second kappa shape index (κ2) is 10.00. The van der Waals surface area contributed by atoms with Gasteiger partial charge in [0.05, 0.1) is 0 Å². The van der Waals surface area contributed by atoms with E-state index < -0.39 is 0 Å². The van der Waals surface area contributed by atoms with Gasteiger partial charge in [-0.2, -0.15) is 0 Å². The van der Waals surface area contributed by atoms with Crippen molar-refractivity contribution in [3.8, 4) is 0 Å². The molecule has 2 saturated heterocycles. The molecule has 4 rings (SSSR count). The summed E-state index contributed by atoms with van der Waals surface area (Å²) >= 11 is 0. The molecule has 1 amide bonds. The number of anilines is 1. The number of amides is 1. The monoisotopic (exact) mass is 511 g/mol. The van der Waals surface area contributed by atoms with E-state index in [1.165, 1.54) is 31.4 Å². The number of halogens is 1. The summed E-state index contributed by atoms with van der Waals surface area (Å²) < 4.78 is 0.